The third-order valence-electron chi connectivity index (χ3n) is 18.5. The number of carboxylic acids is 2. The van der Waals surface area contributed by atoms with Gasteiger partial charge in [0.25, 0.3) is 23.6 Å². The fourth-order valence-electron chi connectivity index (χ4n) is 11.6. The minimum absolute atomic E-state index is 0.0744. The van der Waals surface area contributed by atoms with Crippen molar-refractivity contribution in [3.05, 3.63) is 24.3 Å². The Hall–Kier alpha value is -10.5. The molecule has 0 aromatic rings. The van der Waals surface area contributed by atoms with Crippen LogP contribution in [0.5, 0.6) is 0 Å². The Morgan fingerprint density at radius 2 is 0.457 bits per heavy atom. The Bertz CT molecular complexity index is 3370. The smallest absolute Gasteiger partial charge is 0.322 e. The van der Waals surface area contributed by atoms with Gasteiger partial charge in [-0.25, -0.2) is 0 Å². The van der Waals surface area contributed by atoms with Crippen LogP contribution in [0.4, 0.5) is 0 Å². The van der Waals surface area contributed by atoms with Crippen molar-refractivity contribution < 1.29 is 191 Å². The highest BCUT2D eigenvalue weighted by molar-refractivity contribution is 6.19. The zero-order valence-electron chi connectivity index (χ0n) is 79.9. The highest BCUT2D eigenvalue weighted by Crippen LogP contribution is 2.22. The summed E-state index contributed by atoms with van der Waals surface area (Å²) in [6.07, 6.45) is 2.41. The summed E-state index contributed by atoms with van der Waals surface area (Å²) in [4.78, 5) is 233. The first-order valence-corrected chi connectivity index (χ1v) is 46.1. The number of aliphatic carboxylic acids is 2. The summed E-state index contributed by atoms with van der Waals surface area (Å²) in [7, 11) is 3.22. The number of amides is 16. The molecule has 0 spiro atoms. The number of nitrogens with one attached hydrogen (secondary N) is 12. The zero-order chi connectivity index (χ0) is 102. The van der Waals surface area contributed by atoms with E-state index >= 15 is 0 Å². The van der Waals surface area contributed by atoms with Crippen molar-refractivity contribution in [2.24, 2.45) is 0 Å². The van der Waals surface area contributed by atoms with E-state index in [9.17, 15) is 86.3 Å². The molecule has 0 fully saturated rings. The first kappa shape index (κ1) is 126. The summed E-state index contributed by atoms with van der Waals surface area (Å²) in [6.45, 7) is 8.07. The molecular formula is C86H144N14O40. The second-order valence-electron chi connectivity index (χ2n) is 29.6. The highest BCUT2D eigenvalue weighted by atomic mass is 16.6. The second kappa shape index (κ2) is 86.4. The van der Waals surface area contributed by atoms with Crippen molar-refractivity contribution in [1.82, 2.24) is 73.6 Å². The van der Waals surface area contributed by atoms with Crippen molar-refractivity contribution in [2.75, 3.05) is 331 Å². The van der Waals surface area contributed by atoms with Crippen LogP contribution in [0.1, 0.15) is 64.2 Å². The number of unbranched alkanes of at least 4 members (excludes halogenated alkanes) is 2. The molecule has 0 aliphatic carbocycles. The highest BCUT2D eigenvalue weighted by Gasteiger charge is 2.50. The van der Waals surface area contributed by atoms with E-state index in [1.165, 1.54) is 0 Å². The number of nitrogens with zero attached hydrogens (tertiary/aromatic N) is 2. The van der Waals surface area contributed by atoms with Gasteiger partial charge in [-0.05, 0) is 51.4 Å². The Labute approximate surface area is 811 Å². The topological polar surface area (TPSA) is 683 Å². The molecule has 0 aromatic carbocycles. The summed E-state index contributed by atoms with van der Waals surface area (Å²) in [6, 6.07) is -7.25. The molecule has 14 N–H and O–H groups in total. The molecule has 4 unspecified atom stereocenters. The van der Waals surface area contributed by atoms with Crippen molar-refractivity contribution in [3.63, 3.8) is 0 Å². The number of methoxy groups -OCH3 is 2. The number of carbonyl (C=O) groups excluding carboxylic acids is 16. The lowest BCUT2D eigenvalue weighted by Gasteiger charge is -2.35. The SMILES string of the molecule is COCCOCCOCCOCCOCCOCCOCCOCCOCCOCC(=O)NCCCCC(NC(=O)CCCNC(=O)C(C(C(=O)NCCCC(=O)NC(CCCCNC(=O)COCCOCCOCCOCCOCCOCCOCCOCCOCCOC)C(=O)NCC(=O)NCC(=O)NCC(=O)O)N1C(=O)C=CC1=O)N1C(=O)C=CC1=O)C(=O)NCC(=O)NCC(=O)NCC(=O)O. The summed E-state index contributed by atoms with van der Waals surface area (Å²) in [5.74, 6) is -17.6. The third-order valence-corrected chi connectivity index (χ3v) is 18.5. The van der Waals surface area contributed by atoms with Gasteiger partial charge in [-0.2, -0.15) is 0 Å². The Morgan fingerprint density at radius 3 is 0.693 bits per heavy atom. The predicted molar refractivity (Wildman–Crippen MR) is 483 cm³/mol. The quantitative estimate of drug-likeness (QED) is 0.0199. The maximum absolute atomic E-state index is 14.4. The molecule has 0 saturated carbocycles. The molecule has 0 radical (unpaired) electrons. The van der Waals surface area contributed by atoms with E-state index in [1.54, 1.807) is 14.2 Å². The van der Waals surface area contributed by atoms with Crippen LogP contribution in [0.2, 0.25) is 0 Å². The van der Waals surface area contributed by atoms with Gasteiger partial charge in [-0.15, -0.1) is 0 Å². The van der Waals surface area contributed by atoms with E-state index in [-0.39, 0.29) is 131 Å². The Kier molecular flexibility index (Phi) is 77.5. The van der Waals surface area contributed by atoms with Crippen molar-refractivity contribution in [3.8, 4) is 0 Å². The fraction of sp³-hybridized carbons (Fsp3) is 0.744. The van der Waals surface area contributed by atoms with Crippen molar-refractivity contribution in [1.29, 1.82) is 0 Å². The number of imide groups is 2. The zero-order valence-corrected chi connectivity index (χ0v) is 79.9. The van der Waals surface area contributed by atoms with Gasteiger partial charge < -0.3 is 169 Å². The van der Waals surface area contributed by atoms with Crippen LogP contribution < -0.4 is 63.8 Å². The first-order chi connectivity index (χ1) is 67.9. The monoisotopic (exact) mass is 2010 g/mol. The minimum atomic E-state index is -2.28. The molecular weight excluding hydrogens is 1870 g/mol. The van der Waals surface area contributed by atoms with Gasteiger partial charge in [0.05, 0.1) is 264 Å². The van der Waals surface area contributed by atoms with E-state index in [4.69, 9.17) is 105 Å². The Morgan fingerprint density at radius 1 is 0.243 bits per heavy atom. The number of hydrogen-bond acceptors (Lipinski definition) is 38. The molecule has 798 valence electrons. The fourth-order valence-corrected chi connectivity index (χ4v) is 11.6. The molecule has 0 bridgehead atoms. The largest absolute Gasteiger partial charge is 0.480 e. The molecule has 54 nitrogen and oxygen atoms in total. The summed E-state index contributed by atoms with van der Waals surface area (Å²) < 4.78 is 108. The van der Waals surface area contributed by atoms with Gasteiger partial charge in [0.15, 0.2) is 0 Å². The lowest BCUT2D eigenvalue weighted by Crippen LogP contribution is -2.66. The van der Waals surface area contributed by atoms with Crippen LogP contribution in [0.25, 0.3) is 0 Å². The molecule has 2 aliphatic rings. The molecule has 0 saturated heterocycles. The number of rotatable bonds is 97. The van der Waals surface area contributed by atoms with Gasteiger partial charge in [0, 0.05) is 77.5 Å². The van der Waals surface area contributed by atoms with Gasteiger partial charge >= 0.3 is 11.9 Å². The van der Waals surface area contributed by atoms with E-state index < -0.39 is 196 Å². The minimum Gasteiger partial charge on any atom is -0.480 e. The van der Waals surface area contributed by atoms with E-state index in [0.717, 1.165) is 24.3 Å². The average molecular weight is 2010 g/mol. The normalized spacial score (nSPS) is 13.0. The molecule has 2 aliphatic heterocycles. The lowest BCUT2D eigenvalue weighted by atomic mass is 10.0. The van der Waals surface area contributed by atoms with Gasteiger partial charge in [0.2, 0.25) is 70.9 Å². The van der Waals surface area contributed by atoms with E-state index in [0.29, 0.717) is 195 Å². The molecule has 140 heavy (non-hydrogen) atoms. The number of carboxylic acid groups (broad SMARTS) is 2. The maximum Gasteiger partial charge on any atom is 0.322 e. The van der Waals surface area contributed by atoms with Crippen molar-refractivity contribution >= 4 is 106 Å². The lowest BCUT2D eigenvalue weighted by molar-refractivity contribution is -0.156. The molecule has 2 heterocycles. The molecule has 2 rings (SSSR count). The molecule has 54 heteroatoms. The van der Waals surface area contributed by atoms with E-state index in [2.05, 4.69) is 53.2 Å². The van der Waals surface area contributed by atoms with Gasteiger partial charge in [-0.3, -0.25) is 96.1 Å². The number of ether oxygens (including phenoxy) is 20. The summed E-state index contributed by atoms with van der Waals surface area (Å²) in [5.41, 5.74) is 0. The van der Waals surface area contributed by atoms with Crippen LogP contribution in [0.3, 0.4) is 0 Å². The van der Waals surface area contributed by atoms with Crippen LogP contribution in [-0.4, -0.2) is 481 Å². The van der Waals surface area contributed by atoms with Crippen LogP contribution in [0.15, 0.2) is 24.3 Å². The predicted octanol–water partition coefficient (Wildman–Crippen LogP) is -8.63. The van der Waals surface area contributed by atoms with Gasteiger partial charge in [-0.1, -0.05) is 0 Å². The third kappa shape index (κ3) is 69.4. The molecule has 0 aromatic heterocycles. The summed E-state index contributed by atoms with van der Waals surface area (Å²) >= 11 is 0. The molecule has 16 amide bonds. The van der Waals surface area contributed by atoms with Crippen LogP contribution in [-0.2, 0) is 181 Å². The standard InChI is InChI=1S/C86H144N14O40/c1-121-21-23-123-25-27-125-29-31-127-33-35-129-37-39-131-41-43-133-45-47-135-49-51-137-53-55-139-63-73(107)87-17-5-3-9-65(83(117)95-59-71(105)91-57-69(103)93-61-79(113)114)97-67(101)11-7-19-89-85(119)81(99-75(109)13-14-76(99)110)82(100-77(111)15-16-78(100)112)86(120)90-20-8-12-68(102)98-66(84(118)96-60-72(106)92-58-70(104)94-62-80(115)116)10-4-6-18-88-74(108)64-140-56-54-138-52-50-136-48-46-134-44-42-132-40-38-130-36-34-128-32-30-126-28-26-124-24-22-122-2/h13-16,65-66,81-82H,3-12,17-64H2,1-2H3,(H,87,107)(H,88,108)(H,89,119)(H,90,120)(H,91,105)(H,92,106)(H,93,103)(H,94,104)(H,95,117)(H,96,118)(H,97,101)(H,98,102)(H,113,114)(H,115,116). The number of hydrogen-bond donors (Lipinski definition) is 14. The average Bonchev–Trinajstić information content (AvgIpc) is 1.67. The summed E-state index contributed by atoms with van der Waals surface area (Å²) in [5, 5.41) is 46.1. The number of carbonyl (C=O) groups is 18. The van der Waals surface area contributed by atoms with Crippen LogP contribution >= 0.6 is 0 Å². The first-order valence-electron chi connectivity index (χ1n) is 46.1. The Balaban J connectivity index is 1.91. The van der Waals surface area contributed by atoms with Crippen molar-refractivity contribution in [2.45, 2.75) is 88.4 Å². The van der Waals surface area contributed by atoms with Crippen LogP contribution in [0, 0.1) is 0 Å². The second-order valence-corrected chi connectivity index (χ2v) is 29.6. The van der Waals surface area contributed by atoms with Gasteiger partial charge in [0.1, 0.15) is 50.5 Å². The molecule has 4 atom stereocenters. The maximum atomic E-state index is 14.4. The van der Waals surface area contributed by atoms with E-state index in [1.807, 2.05) is 10.6 Å².